The van der Waals surface area contributed by atoms with Crippen LogP contribution in [0.25, 0.3) is 0 Å². The minimum Gasteiger partial charge on any atom is -0.478 e. The van der Waals surface area contributed by atoms with E-state index in [9.17, 15) is 14.4 Å². The van der Waals surface area contributed by atoms with Gasteiger partial charge in [0.05, 0.1) is 5.56 Å². The standard InChI is InChI=1S/C8H5NO6.HNO2/c10-6(11)3-1-4(7(12)13)9-5(2-3)8(14)15;2-1-3/h1-2H,(H,10,11)(H,12,13)(H,14,15);(H,2,3). The van der Waals surface area contributed by atoms with Gasteiger partial charge in [0.2, 0.25) is 0 Å². The molecule has 0 aliphatic rings. The smallest absolute Gasteiger partial charge is 0.354 e. The lowest BCUT2D eigenvalue weighted by molar-refractivity contribution is 0.0685. The highest BCUT2D eigenvalue weighted by molar-refractivity contribution is 5.96. The van der Waals surface area contributed by atoms with Crippen LogP contribution in [0.3, 0.4) is 0 Å². The number of aromatic nitrogens is 1. The molecule has 0 aliphatic carbocycles. The van der Waals surface area contributed by atoms with Gasteiger partial charge in [-0.05, 0) is 12.1 Å². The summed E-state index contributed by atoms with van der Waals surface area (Å²) in [5.41, 5.74) is -1.67. The van der Waals surface area contributed by atoms with Crippen LogP contribution < -0.4 is 0 Å². The van der Waals surface area contributed by atoms with Gasteiger partial charge in [-0.25, -0.2) is 19.4 Å². The quantitative estimate of drug-likeness (QED) is 0.439. The molecule has 0 aromatic carbocycles. The molecule has 0 unspecified atom stereocenters. The van der Waals surface area contributed by atoms with Gasteiger partial charge < -0.3 is 20.5 Å². The summed E-state index contributed by atoms with van der Waals surface area (Å²) >= 11 is 0. The first-order valence-electron chi connectivity index (χ1n) is 4.02. The molecule has 0 saturated heterocycles. The summed E-state index contributed by atoms with van der Waals surface area (Å²) in [7, 11) is 0. The maximum Gasteiger partial charge on any atom is 0.354 e. The fraction of sp³-hybridized carbons (Fsp3) is 0. The monoisotopic (exact) mass is 258 g/mol. The average molecular weight is 258 g/mol. The van der Waals surface area contributed by atoms with Gasteiger partial charge in [-0.2, -0.15) is 0 Å². The molecule has 0 atom stereocenters. The molecule has 1 aromatic heterocycles. The van der Waals surface area contributed by atoms with Gasteiger partial charge in [-0.15, -0.1) is 4.91 Å². The number of nitrogens with zero attached hydrogens (tertiary/aromatic N) is 2. The molecule has 0 fully saturated rings. The van der Waals surface area contributed by atoms with Gasteiger partial charge in [0.25, 0.3) is 0 Å². The molecule has 0 amide bonds. The molecule has 4 N–H and O–H groups in total. The third-order valence-corrected chi connectivity index (χ3v) is 1.51. The van der Waals surface area contributed by atoms with Crippen molar-refractivity contribution < 1.29 is 34.9 Å². The van der Waals surface area contributed by atoms with Crippen molar-refractivity contribution in [3.8, 4) is 0 Å². The fourth-order valence-electron chi connectivity index (χ4n) is 0.873. The highest BCUT2D eigenvalue weighted by Gasteiger charge is 2.15. The van der Waals surface area contributed by atoms with E-state index in [0.717, 1.165) is 12.1 Å². The van der Waals surface area contributed by atoms with E-state index in [1.165, 1.54) is 5.34 Å². The summed E-state index contributed by atoms with van der Waals surface area (Å²) in [5, 5.41) is 33.6. The van der Waals surface area contributed by atoms with E-state index in [4.69, 9.17) is 25.4 Å². The van der Waals surface area contributed by atoms with Crippen molar-refractivity contribution >= 4 is 17.9 Å². The summed E-state index contributed by atoms with van der Waals surface area (Å²) in [4.78, 5) is 42.9. The van der Waals surface area contributed by atoms with Crippen LogP contribution in [0.5, 0.6) is 0 Å². The Morgan fingerprint density at radius 3 is 1.50 bits per heavy atom. The number of hydrogen-bond donors (Lipinski definition) is 4. The van der Waals surface area contributed by atoms with E-state index < -0.39 is 34.9 Å². The highest BCUT2D eigenvalue weighted by atomic mass is 16.6. The van der Waals surface area contributed by atoms with Gasteiger partial charge in [-0.1, -0.05) is 0 Å². The van der Waals surface area contributed by atoms with E-state index in [1.807, 2.05) is 0 Å². The number of aromatic carboxylic acids is 3. The maximum atomic E-state index is 10.5. The summed E-state index contributed by atoms with van der Waals surface area (Å²) < 4.78 is 0. The molecule has 1 rings (SSSR count). The van der Waals surface area contributed by atoms with Gasteiger partial charge in [0.1, 0.15) is 11.4 Å². The van der Waals surface area contributed by atoms with Gasteiger partial charge >= 0.3 is 17.9 Å². The normalized spacial score (nSPS) is 8.67. The number of carboxylic acid groups (broad SMARTS) is 3. The van der Waals surface area contributed by atoms with Crippen molar-refractivity contribution in [2.45, 2.75) is 0 Å². The summed E-state index contributed by atoms with van der Waals surface area (Å²) in [6.07, 6.45) is 0. The Morgan fingerprint density at radius 2 is 1.28 bits per heavy atom. The number of pyridine rings is 1. The fourth-order valence-corrected chi connectivity index (χ4v) is 0.873. The number of rotatable bonds is 3. The predicted molar refractivity (Wildman–Crippen MR) is 52.7 cm³/mol. The van der Waals surface area contributed by atoms with Gasteiger partial charge in [0.15, 0.2) is 5.34 Å². The minimum atomic E-state index is -1.49. The van der Waals surface area contributed by atoms with Crippen LogP contribution >= 0.6 is 0 Å². The second-order valence-electron chi connectivity index (χ2n) is 2.62. The molecular weight excluding hydrogens is 252 g/mol. The first-order chi connectivity index (χ1) is 8.33. The number of hydrogen-bond acceptors (Lipinski definition) is 6. The Balaban J connectivity index is 0.000000873. The molecule has 0 bridgehead atoms. The molecule has 10 heteroatoms. The molecule has 10 nitrogen and oxygen atoms in total. The van der Waals surface area contributed by atoms with Crippen molar-refractivity contribution in [2.24, 2.45) is 5.34 Å². The van der Waals surface area contributed by atoms with Crippen molar-refractivity contribution in [3.05, 3.63) is 34.0 Å². The molecule has 96 valence electrons. The Kier molecular flexibility index (Phi) is 5.42. The molecule has 0 aliphatic heterocycles. The molecule has 1 aromatic rings. The Bertz CT molecular complexity index is 419. The van der Waals surface area contributed by atoms with Crippen LogP contribution in [0.4, 0.5) is 0 Å². The third kappa shape index (κ3) is 4.22. The molecular formula is C8H6N2O8. The van der Waals surface area contributed by atoms with E-state index in [2.05, 4.69) is 4.98 Å². The average Bonchev–Trinajstić information content (AvgIpc) is 2.29. The predicted octanol–water partition coefficient (Wildman–Crippen LogP) is 0.318. The lowest BCUT2D eigenvalue weighted by Gasteiger charge is -1.99. The molecule has 1 heterocycles. The lowest BCUT2D eigenvalue weighted by Crippen LogP contribution is -2.10. The second-order valence-corrected chi connectivity index (χ2v) is 2.62. The van der Waals surface area contributed by atoms with Crippen molar-refractivity contribution in [1.82, 2.24) is 4.98 Å². The van der Waals surface area contributed by atoms with Crippen LogP contribution in [0.2, 0.25) is 0 Å². The van der Waals surface area contributed by atoms with E-state index in [0.29, 0.717) is 0 Å². The summed E-state index contributed by atoms with van der Waals surface area (Å²) in [5.74, 6) is -4.39. The van der Waals surface area contributed by atoms with E-state index in [-0.39, 0.29) is 0 Å². The minimum absolute atomic E-state index is 0.431. The van der Waals surface area contributed by atoms with Gasteiger partial charge in [0, 0.05) is 0 Å². The zero-order valence-electron chi connectivity index (χ0n) is 8.47. The maximum absolute atomic E-state index is 10.5. The topological polar surface area (TPSA) is 174 Å². The molecule has 0 saturated carbocycles. The van der Waals surface area contributed by atoms with Crippen LogP contribution in [-0.4, -0.2) is 43.4 Å². The molecule has 18 heavy (non-hydrogen) atoms. The highest BCUT2D eigenvalue weighted by Crippen LogP contribution is 2.06. The van der Waals surface area contributed by atoms with Crippen LogP contribution in [0.15, 0.2) is 17.5 Å². The first-order valence-corrected chi connectivity index (χ1v) is 4.02. The molecule has 0 radical (unpaired) electrons. The first kappa shape index (κ1) is 15.0. The SMILES string of the molecule is O=C(O)c1cc(C(=O)O)nc(C(=O)O)c1.O=NO. The summed E-state index contributed by atoms with van der Waals surface area (Å²) in [6.45, 7) is 0. The zero-order valence-corrected chi connectivity index (χ0v) is 8.47. The lowest BCUT2D eigenvalue weighted by atomic mass is 10.2. The van der Waals surface area contributed by atoms with Crippen LogP contribution in [-0.2, 0) is 0 Å². The largest absolute Gasteiger partial charge is 0.478 e. The molecule has 0 spiro atoms. The van der Waals surface area contributed by atoms with Crippen molar-refractivity contribution in [2.75, 3.05) is 0 Å². The van der Waals surface area contributed by atoms with Crippen LogP contribution in [0.1, 0.15) is 31.3 Å². The Labute approximate surface area is 98.1 Å². The van der Waals surface area contributed by atoms with E-state index in [1.54, 1.807) is 0 Å². The van der Waals surface area contributed by atoms with Crippen molar-refractivity contribution in [1.29, 1.82) is 0 Å². The zero-order chi connectivity index (χ0) is 14.3. The third-order valence-electron chi connectivity index (χ3n) is 1.51. The van der Waals surface area contributed by atoms with Crippen LogP contribution in [0, 0.1) is 4.91 Å². The van der Waals surface area contributed by atoms with Gasteiger partial charge in [-0.3, -0.25) is 0 Å². The number of carbonyl (C=O) groups is 3. The van der Waals surface area contributed by atoms with E-state index >= 15 is 0 Å². The second kappa shape index (κ2) is 6.52. The summed E-state index contributed by atoms with van der Waals surface area (Å²) in [6, 6.07) is 1.58. The Hall–Kier alpha value is -3.04. The number of carboxylic acids is 3. The van der Waals surface area contributed by atoms with Crippen molar-refractivity contribution in [3.63, 3.8) is 0 Å². The Morgan fingerprint density at radius 1 is 0.944 bits per heavy atom.